The smallest absolute Gasteiger partial charge is 0.317 e. The molecule has 0 aliphatic rings. The van der Waals surface area contributed by atoms with Crippen molar-refractivity contribution in [3.05, 3.63) is 83.9 Å². The Hall–Kier alpha value is -4.03. The van der Waals surface area contributed by atoms with E-state index in [2.05, 4.69) is 0 Å². The van der Waals surface area contributed by atoms with Crippen molar-refractivity contribution in [3.8, 4) is 34.5 Å². The van der Waals surface area contributed by atoms with E-state index in [0.717, 1.165) is 0 Å². The van der Waals surface area contributed by atoms with Gasteiger partial charge in [0.2, 0.25) is 11.5 Å². The van der Waals surface area contributed by atoms with Crippen molar-refractivity contribution in [3.63, 3.8) is 0 Å². The molecule has 0 atom stereocenters. The first kappa shape index (κ1) is 28.0. The number of fused-ring (bicyclic) bond motifs is 1. The standard InChI is InChI=1S/C32H31ClO6/c1-5-13-26(34)38-27-24-19-18-21(33)20-25(24)28(39-31(35)32(3,4)6-2)30(37-23-16-11-8-12-17-23)29(27)36-22-14-9-7-10-15-22/h7-12,14-20H,5-6,13H2,1-4H3. The number of carbonyl (C=O) groups is 2. The molecule has 0 amide bonds. The molecule has 6 nitrogen and oxygen atoms in total. The van der Waals surface area contributed by atoms with Gasteiger partial charge >= 0.3 is 11.9 Å². The van der Waals surface area contributed by atoms with Crippen molar-refractivity contribution in [2.45, 2.75) is 47.0 Å². The van der Waals surface area contributed by atoms with Gasteiger partial charge in [-0.2, -0.15) is 0 Å². The van der Waals surface area contributed by atoms with E-state index < -0.39 is 17.4 Å². The molecule has 0 spiro atoms. The van der Waals surface area contributed by atoms with Crippen LogP contribution in [0.25, 0.3) is 10.8 Å². The summed E-state index contributed by atoms with van der Waals surface area (Å²) in [6, 6.07) is 23.1. The molecule has 0 N–H and O–H groups in total. The second kappa shape index (κ2) is 12.2. The van der Waals surface area contributed by atoms with Crippen molar-refractivity contribution in [2.75, 3.05) is 0 Å². The van der Waals surface area contributed by atoms with Crippen LogP contribution < -0.4 is 18.9 Å². The van der Waals surface area contributed by atoms with Gasteiger partial charge < -0.3 is 18.9 Å². The zero-order chi connectivity index (χ0) is 28.0. The van der Waals surface area contributed by atoms with Gasteiger partial charge in [0.15, 0.2) is 11.5 Å². The zero-order valence-corrected chi connectivity index (χ0v) is 23.2. The van der Waals surface area contributed by atoms with Crippen molar-refractivity contribution < 1.29 is 28.5 Å². The Morgan fingerprint density at radius 2 is 1.26 bits per heavy atom. The first-order valence-electron chi connectivity index (χ1n) is 12.9. The van der Waals surface area contributed by atoms with Gasteiger partial charge in [0.1, 0.15) is 11.5 Å². The average Bonchev–Trinajstić information content (AvgIpc) is 2.93. The molecule has 0 fully saturated rings. The van der Waals surface area contributed by atoms with Gasteiger partial charge in [-0.15, -0.1) is 0 Å². The second-order valence-electron chi connectivity index (χ2n) is 9.69. The van der Waals surface area contributed by atoms with E-state index in [9.17, 15) is 9.59 Å². The van der Waals surface area contributed by atoms with Crippen LogP contribution in [0, 0.1) is 5.41 Å². The summed E-state index contributed by atoms with van der Waals surface area (Å²) < 4.78 is 24.7. The lowest BCUT2D eigenvalue weighted by Crippen LogP contribution is -2.28. The molecule has 4 aromatic rings. The van der Waals surface area contributed by atoms with Gasteiger partial charge in [0.05, 0.1) is 5.41 Å². The zero-order valence-electron chi connectivity index (χ0n) is 22.5. The number of carbonyl (C=O) groups excluding carboxylic acids is 2. The maximum absolute atomic E-state index is 13.4. The van der Waals surface area contributed by atoms with Crippen LogP contribution in [-0.2, 0) is 9.59 Å². The Bertz CT molecular complexity index is 1470. The first-order valence-corrected chi connectivity index (χ1v) is 13.3. The monoisotopic (exact) mass is 546 g/mol. The molecule has 0 bridgehead atoms. The van der Waals surface area contributed by atoms with Crippen molar-refractivity contribution in [1.82, 2.24) is 0 Å². The minimum Gasteiger partial charge on any atom is -0.449 e. The average molecular weight is 547 g/mol. The van der Waals surface area contributed by atoms with Gasteiger partial charge in [-0.1, -0.05) is 61.8 Å². The quantitative estimate of drug-likeness (QED) is 0.146. The number of halogens is 1. The second-order valence-corrected chi connectivity index (χ2v) is 10.1. The predicted molar refractivity (Wildman–Crippen MR) is 152 cm³/mol. The molecule has 0 aliphatic carbocycles. The van der Waals surface area contributed by atoms with Crippen LogP contribution in [-0.4, -0.2) is 11.9 Å². The highest BCUT2D eigenvalue weighted by molar-refractivity contribution is 6.31. The van der Waals surface area contributed by atoms with Crippen molar-refractivity contribution in [1.29, 1.82) is 0 Å². The van der Waals surface area contributed by atoms with Crippen LogP contribution in [0.3, 0.4) is 0 Å². The van der Waals surface area contributed by atoms with Crippen molar-refractivity contribution in [2.24, 2.45) is 5.41 Å². The molecule has 7 heteroatoms. The summed E-state index contributed by atoms with van der Waals surface area (Å²) in [7, 11) is 0. The van der Waals surface area contributed by atoms with Crippen LogP contribution >= 0.6 is 11.6 Å². The molecule has 4 rings (SSSR count). The third-order valence-electron chi connectivity index (χ3n) is 6.32. The number of rotatable bonds is 10. The van der Waals surface area contributed by atoms with Gasteiger partial charge in [0.25, 0.3) is 0 Å². The number of ether oxygens (including phenoxy) is 4. The van der Waals surface area contributed by atoms with Crippen LogP contribution in [0.2, 0.25) is 5.02 Å². The Morgan fingerprint density at radius 3 is 1.77 bits per heavy atom. The summed E-state index contributed by atoms with van der Waals surface area (Å²) in [4.78, 5) is 26.2. The fraction of sp³-hybridized carbons (Fsp3) is 0.250. The molecule has 0 heterocycles. The SMILES string of the molecule is CCCC(=O)Oc1c(Oc2ccccc2)c(Oc2ccccc2)c(OC(=O)C(C)(C)CC)c2cc(Cl)ccc12. The minimum atomic E-state index is -0.776. The van der Waals surface area contributed by atoms with E-state index >= 15 is 0 Å². The van der Waals surface area contributed by atoms with E-state index in [0.29, 0.717) is 40.1 Å². The summed E-state index contributed by atoms with van der Waals surface area (Å²) in [5.41, 5.74) is -0.776. The molecular weight excluding hydrogens is 516 g/mol. The number of hydrogen-bond acceptors (Lipinski definition) is 6. The lowest BCUT2D eigenvalue weighted by Gasteiger charge is -2.24. The topological polar surface area (TPSA) is 71.1 Å². The van der Waals surface area contributed by atoms with E-state index in [-0.39, 0.29) is 29.4 Å². The van der Waals surface area contributed by atoms with E-state index in [1.807, 2.05) is 64.1 Å². The van der Waals surface area contributed by atoms with Crippen LogP contribution in [0.4, 0.5) is 0 Å². The fourth-order valence-corrected chi connectivity index (χ4v) is 3.87. The molecule has 0 unspecified atom stereocenters. The highest BCUT2D eigenvalue weighted by Gasteiger charge is 2.33. The highest BCUT2D eigenvalue weighted by atomic mass is 35.5. The molecule has 0 saturated carbocycles. The summed E-state index contributed by atoms with van der Waals surface area (Å²) in [6.07, 6.45) is 1.36. The lowest BCUT2D eigenvalue weighted by atomic mass is 9.90. The largest absolute Gasteiger partial charge is 0.449 e. The summed E-state index contributed by atoms with van der Waals surface area (Å²) >= 11 is 6.41. The van der Waals surface area contributed by atoms with Crippen LogP contribution in [0.15, 0.2) is 78.9 Å². The van der Waals surface area contributed by atoms with Gasteiger partial charge in [-0.25, -0.2) is 0 Å². The number of para-hydroxylation sites is 2. The number of esters is 2. The molecule has 202 valence electrons. The van der Waals surface area contributed by atoms with E-state index in [1.54, 1.807) is 42.5 Å². The number of benzene rings is 4. The van der Waals surface area contributed by atoms with Gasteiger partial charge in [-0.3, -0.25) is 9.59 Å². The van der Waals surface area contributed by atoms with E-state index in [4.69, 9.17) is 30.5 Å². The summed E-state index contributed by atoms with van der Waals surface area (Å²) in [5, 5.41) is 1.32. The first-order chi connectivity index (χ1) is 18.7. The third-order valence-corrected chi connectivity index (χ3v) is 6.55. The fourth-order valence-electron chi connectivity index (χ4n) is 3.70. The minimum absolute atomic E-state index is 0.0828. The maximum Gasteiger partial charge on any atom is 0.317 e. The highest BCUT2D eigenvalue weighted by Crippen LogP contribution is 2.54. The van der Waals surface area contributed by atoms with Crippen LogP contribution in [0.1, 0.15) is 47.0 Å². The summed E-state index contributed by atoms with van der Waals surface area (Å²) in [6.45, 7) is 7.43. The Kier molecular flexibility index (Phi) is 8.77. The Morgan fingerprint density at radius 1 is 0.718 bits per heavy atom. The Balaban J connectivity index is 2.06. The van der Waals surface area contributed by atoms with Gasteiger partial charge in [-0.05, 0) is 69.2 Å². The van der Waals surface area contributed by atoms with Crippen molar-refractivity contribution >= 4 is 34.3 Å². The third kappa shape index (κ3) is 6.52. The molecule has 39 heavy (non-hydrogen) atoms. The lowest BCUT2D eigenvalue weighted by molar-refractivity contribution is -0.144. The molecule has 0 radical (unpaired) electrons. The molecule has 4 aromatic carbocycles. The molecule has 0 saturated heterocycles. The van der Waals surface area contributed by atoms with Crippen LogP contribution in [0.5, 0.6) is 34.5 Å². The molecule has 0 aliphatic heterocycles. The normalized spacial score (nSPS) is 11.2. The Labute approximate surface area is 233 Å². The number of hydrogen-bond donors (Lipinski definition) is 0. The molecular formula is C32H31ClO6. The predicted octanol–water partition coefficient (Wildman–Crippen LogP) is 9.12. The molecule has 0 aromatic heterocycles. The van der Waals surface area contributed by atoms with Gasteiger partial charge in [0, 0.05) is 22.2 Å². The van der Waals surface area contributed by atoms with E-state index in [1.165, 1.54) is 0 Å². The maximum atomic E-state index is 13.4. The summed E-state index contributed by atoms with van der Waals surface area (Å²) in [5.74, 6) is 0.492.